The zero-order chi connectivity index (χ0) is 14.9. The number of hydrogen-bond donors (Lipinski definition) is 1. The van der Waals surface area contributed by atoms with E-state index in [1.165, 1.54) is 0 Å². The zero-order valence-corrected chi connectivity index (χ0v) is 11.6. The highest BCUT2D eigenvalue weighted by molar-refractivity contribution is 5.37. The van der Waals surface area contributed by atoms with E-state index in [9.17, 15) is 13.2 Å². The van der Waals surface area contributed by atoms with Gasteiger partial charge in [-0.05, 0) is 32.5 Å². The Kier molecular flexibility index (Phi) is 4.14. The van der Waals surface area contributed by atoms with E-state index in [0.29, 0.717) is 6.07 Å². The molecule has 0 aliphatic carbocycles. The van der Waals surface area contributed by atoms with Gasteiger partial charge in [-0.2, -0.15) is 0 Å². The SMILES string of the molecule is CNC(c1cc(C)cc(C)c1)c1cc(F)c(F)cc1F. The van der Waals surface area contributed by atoms with Crippen molar-refractivity contribution in [1.29, 1.82) is 0 Å². The summed E-state index contributed by atoms with van der Waals surface area (Å²) in [5.74, 6) is -2.99. The van der Waals surface area contributed by atoms with Crippen LogP contribution in [0.3, 0.4) is 0 Å². The summed E-state index contributed by atoms with van der Waals surface area (Å²) in [5.41, 5.74) is 2.97. The summed E-state index contributed by atoms with van der Waals surface area (Å²) in [7, 11) is 1.66. The van der Waals surface area contributed by atoms with Gasteiger partial charge in [-0.3, -0.25) is 0 Å². The largest absolute Gasteiger partial charge is 0.309 e. The number of nitrogens with one attached hydrogen (secondary N) is 1. The van der Waals surface area contributed by atoms with E-state index >= 15 is 0 Å². The number of hydrogen-bond acceptors (Lipinski definition) is 1. The first-order chi connectivity index (χ1) is 9.42. The summed E-state index contributed by atoms with van der Waals surface area (Å²) in [4.78, 5) is 0. The molecule has 0 amide bonds. The molecule has 2 rings (SSSR count). The molecule has 0 aliphatic rings. The Balaban J connectivity index is 2.55. The maximum atomic E-state index is 13.9. The van der Waals surface area contributed by atoms with Crippen molar-refractivity contribution in [3.8, 4) is 0 Å². The maximum absolute atomic E-state index is 13.9. The van der Waals surface area contributed by atoms with E-state index in [-0.39, 0.29) is 5.56 Å². The molecule has 4 heteroatoms. The van der Waals surface area contributed by atoms with Crippen molar-refractivity contribution in [2.24, 2.45) is 0 Å². The first-order valence-corrected chi connectivity index (χ1v) is 6.32. The van der Waals surface area contributed by atoms with Gasteiger partial charge in [-0.15, -0.1) is 0 Å². The third-order valence-corrected chi connectivity index (χ3v) is 3.22. The average Bonchev–Trinajstić information content (AvgIpc) is 2.35. The van der Waals surface area contributed by atoms with Gasteiger partial charge in [0.05, 0.1) is 6.04 Å². The minimum absolute atomic E-state index is 0.0939. The predicted molar refractivity (Wildman–Crippen MR) is 73.1 cm³/mol. The molecule has 1 nitrogen and oxygen atoms in total. The highest BCUT2D eigenvalue weighted by Gasteiger charge is 2.19. The lowest BCUT2D eigenvalue weighted by atomic mass is 9.95. The zero-order valence-electron chi connectivity index (χ0n) is 11.6. The van der Waals surface area contributed by atoms with Crippen LogP contribution >= 0.6 is 0 Å². The van der Waals surface area contributed by atoms with Crippen LogP contribution in [0.2, 0.25) is 0 Å². The smallest absolute Gasteiger partial charge is 0.161 e. The number of aryl methyl sites for hydroxylation is 2. The molecule has 2 aromatic rings. The van der Waals surface area contributed by atoms with E-state index in [4.69, 9.17) is 0 Å². The summed E-state index contributed by atoms with van der Waals surface area (Å²) in [6, 6.07) is 6.76. The van der Waals surface area contributed by atoms with Crippen molar-refractivity contribution < 1.29 is 13.2 Å². The van der Waals surface area contributed by atoms with Gasteiger partial charge in [-0.25, -0.2) is 13.2 Å². The first-order valence-electron chi connectivity index (χ1n) is 6.32. The Labute approximate surface area is 116 Å². The minimum Gasteiger partial charge on any atom is -0.309 e. The van der Waals surface area contributed by atoms with Gasteiger partial charge in [0.25, 0.3) is 0 Å². The normalized spacial score (nSPS) is 12.5. The predicted octanol–water partition coefficient (Wildman–Crippen LogP) is 4.03. The standard InChI is InChI=1S/C16H16F3N/c1-9-4-10(2)6-11(5-9)16(20-3)12-7-14(18)15(19)8-13(12)17/h4-8,16,20H,1-3H3. The molecule has 1 atom stereocenters. The fourth-order valence-electron chi connectivity index (χ4n) is 2.44. The lowest BCUT2D eigenvalue weighted by molar-refractivity contribution is 0.483. The van der Waals surface area contributed by atoms with Crippen LogP contribution in [0.15, 0.2) is 30.3 Å². The van der Waals surface area contributed by atoms with E-state index in [0.717, 1.165) is 22.8 Å². The second kappa shape index (κ2) is 5.67. The number of benzene rings is 2. The molecular formula is C16H16F3N. The summed E-state index contributed by atoms with van der Waals surface area (Å²) in [6.45, 7) is 3.87. The summed E-state index contributed by atoms with van der Waals surface area (Å²) in [6.07, 6.45) is 0. The molecule has 0 heterocycles. The van der Waals surface area contributed by atoms with Crippen LogP contribution < -0.4 is 5.32 Å². The summed E-state index contributed by atoms with van der Waals surface area (Å²) in [5, 5.41) is 2.95. The third-order valence-electron chi connectivity index (χ3n) is 3.22. The van der Waals surface area contributed by atoms with Crippen LogP contribution in [-0.4, -0.2) is 7.05 Å². The van der Waals surface area contributed by atoms with Gasteiger partial charge in [0.2, 0.25) is 0 Å². The molecule has 20 heavy (non-hydrogen) atoms. The van der Waals surface area contributed by atoms with Crippen molar-refractivity contribution in [2.45, 2.75) is 19.9 Å². The van der Waals surface area contributed by atoms with Gasteiger partial charge in [0, 0.05) is 11.6 Å². The van der Waals surface area contributed by atoms with Gasteiger partial charge in [-0.1, -0.05) is 29.3 Å². The highest BCUT2D eigenvalue weighted by atomic mass is 19.2. The van der Waals surface area contributed by atoms with Gasteiger partial charge in [0.15, 0.2) is 11.6 Å². The topological polar surface area (TPSA) is 12.0 Å². The Morgan fingerprint density at radius 2 is 1.35 bits per heavy atom. The van der Waals surface area contributed by atoms with Crippen molar-refractivity contribution in [1.82, 2.24) is 5.32 Å². The number of halogens is 3. The molecule has 0 saturated heterocycles. The van der Waals surface area contributed by atoms with Gasteiger partial charge in [0.1, 0.15) is 5.82 Å². The first kappa shape index (κ1) is 14.6. The van der Waals surface area contributed by atoms with Crippen molar-refractivity contribution in [2.75, 3.05) is 7.05 Å². The summed E-state index contributed by atoms with van der Waals surface area (Å²) >= 11 is 0. The fourth-order valence-corrected chi connectivity index (χ4v) is 2.44. The molecule has 106 valence electrons. The van der Waals surface area contributed by atoms with Crippen molar-refractivity contribution in [3.63, 3.8) is 0 Å². The lowest BCUT2D eigenvalue weighted by Crippen LogP contribution is -2.19. The minimum atomic E-state index is -1.18. The highest BCUT2D eigenvalue weighted by Crippen LogP contribution is 2.27. The van der Waals surface area contributed by atoms with Gasteiger partial charge >= 0.3 is 0 Å². The molecular weight excluding hydrogens is 263 g/mol. The molecule has 0 bridgehead atoms. The average molecular weight is 279 g/mol. The maximum Gasteiger partial charge on any atom is 0.161 e. The number of rotatable bonds is 3. The quantitative estimate of drug-likeness (QED) is 0.836. The van der Waals surface area contributed by atoms with E-state index < -0.39 is 23.5 Å². The van der Waals surface area contributed by atoms with E-state index in [1.807, 2.05) is 32.0 Å². The van der Waals surface area contributed by atoms with Crippen LogP contribution in [0.25, 0.3) is 0 Å². The Morgan fingerprint density at radius 1 is 0.800 bits per heavy atom. The Hall–Kier alpha value is -1.81. The van der Waals surface area contributed by atoms with E-state index in [1.54, 1.807) is 7.05 Å². The molecule has 0 aliphatic heterocycles. The molecule has 1 unspecified atom stereocenters. The van der Waals surface area contributed by atoms with Crippen LogP contribution in [-0.2, 0) is 0 Å². The lowest BCUT2D eigenvalue weighted by Gasteiger charge is -2.19. The second-order valence-electron chi connectivity index (χ2n) is 4.93. The molecule has 0 spiro atoms. The molecule has 0 aromatic heterocycles. The van der Waals surface area contributed by atoms with Crippen LogP contribution in [0.1, 0.15) is 28.3 Å². The van der Waals surface area contributed by atoms with Crippen LogP contribution in [0.5, 0.6) is 0 Å². The van der Waals surface area contributed by atoms with Crippen molar-refractivity contribution in [3.05, 3.63) is 70.0 Å². The van der Waals surface area contributed by atoms with Crippen LogP contribution in [0.4, 0.5) is 13.2 Å². The Bertz CT molecular complexity index is 618. The van der Waals surface area contributed by atoms with E-state index in [2.05, 4.69) is 5.32 Å². The van der Waals surface area contributed by atoms with Crippen LogP contribution in [0, 0.1) is 31.3 Å². The third kappa shape index (κ3) is 2.85. The molecule has 1 N–H and O–H groups in total. The Morgan fingerprint density at radius 3 is 1.90 bits per heavy atom. The molecule has 0 saturated carbocycles. The van der Waals surface area contributed by atoms with Gasteiger partial charge < -0.3 is 5.32 Å². The molecule has 2 aromatic carbocycles. The molecule has 0 fully saturated rings. The molecule has 0 radical (unpaired) electrons. The summed E-state index contributed by atoms with van der Waals surface area (Å²) < 4.78 is 40.3. The monoisotopic (exact) mass is 279 g/mol. The fraction of sp³-hybridized carbons (Fsp3) is 0.250. The second-order valence-corrected chi connectivity index (χ2v) is 4.93. The van der Waals surface area contributed by atoms with Crippen molar-refractivity contribution >= 4 is 0 Å².